The number of ether oxygens (including phenoxy) is 1. The highest BCUT2D eigenvalue weighted by Gasteiger charge is 2.49. The van der Waals surface area contributed by atoms with Gasteiger partial charge in [0.05, 0.1) is 18.4 Å². The molecule has 4 rings (SSSR count). The van der Waals surface area contributed by atoms with Crippen molar-refractivity contribution >= 4 is 16.0 Å². The summed E-state index contributed by atoms with van der Waals surface area (Å²) in [4.78, 5) is 8.07. The third-order valence-corrected chi connectivity index (χ3v) is 8.17. The fraction of sp³-hybridized carbons (Fsp3) is 0.619. The Morgan fingerprint density at radius 2 is 2.08 bits per heavy atom. The van der Waals surface area contributed by atoms with Gasteiger partial charge in [-0.2, -0.15) is 19.6 Å². The zero-order valence-corrected chi connectivity index (χ0v) is 20.4. The molecule has 0 aromatic carbocycles. The van der Waals surface area contributed by atoms with E-state index in [1.165, 1.54) is 24.0 Å². The van der Waals surface area contributed by atoms with E-state index in [4.69, 9.17) is 4.74 Å². The van der Waals surface area contributed by atoms with Crippen molar-refractivity contribution in [3.63, 3.8) is 0 Å². The zero-order valence-electron chi connectivity index (χ0n) is 19.6. The van der Waals surface area contributed by atoms with Crippen LogP contribution in [0, 0.1) is 11.3 Å². The van der Waals surface area contributed by atoms with Gasteiger partial charge in [-0.1, -0.05) is 0 Å². The fourth-order valence-electron chi connectivity index (χ4n) is 4.41. The van der Waals surface area contributed by atoms with Crippen LogP contribution < -0.4 is 10.1 Å². The average molecular weight is 530 g/mol. The number of aliphatic hydroxyl groups is 1. The molecule has 2 N–H and O–H groups in total. The first kappa shape index (κ1) is 26.1. The van der Waals surface area contributed by atoms with Gasteiger partial charge in [-0.15, -0.1) is 0 Å². The van der Waals surface area contributed by atoms with Crippen LogP contribution in [0.3, 0.4) is 0 Å². The van der Waals surface area contributed by atoms with E-state index in [1.54, 1.807) is 7.05 Å². The number of anilines is 1. The molecule has 2 fully saturated rings. The van der Waals surface area contributed by atoms with Crippen molar-refractivity contribution in [2.24, 2.45) is 7.05 Å². The molecule has 1 aliphatic heterocycles. The van der Waals surface area contributed by atoms with E-state index in [2.05, 4.69) is 20.4 Å². The molecule has 0 bridgehead atoms. The molecule has 11 nitrogen and oxygen atoms in total. The van der Waals surface area contributed by atoms with Crippen LogP contribution in [0.2, 0.25) is 0 Å². The van der Waals surface area contributed by atoms with E-state index in [9.17, 15) is 32.0 Å². The first-order valence-electron chi connectivity index (χ1n) is 11.2. The van der Waals surface area contributed by atoms with E-state index in [1.807, 2.05) is 6.07 Å². The van der Waals surface area contributed by atoms with E-state index in [0.29, 0.717) is 0 Å². The molecule has 196 valence electrons. The Kier molecular flexibility index (Phi) is 6.88. The molecule has 36 heavy (non-hydrogen) atoms. The molecule has 1 aliphatic carbocycles. The lowest BCUT2D eigenvalue weighted by Crippen LogP contribution is -2.51. The van der Waals surface area contributed by atoms with Gasteiger partial charge in [0, 0.05) is 39.2 Å². The van der Waals surface area contributed by atoms with Gasteiger partial charge in [0.25, 0.3) is 5.92 Å². The van der Waals surface area contributed by atoms with E-state index in [-0.39, 0.29) is 41.7 Å². The second kappa shape index (κ2) is 9.49. The second-order valence-electron chi connectivity index (χ2n) is 9.33. The fourth-order valence-corrected chi connectivity index (χ4v) is 5.86. The maximum atomic E-state index is 15.0. The Hall–Kier alpha value is -2.96. The van der Waals surface area contributed by atoms with E-state index < -0.39 is 59.3 Å². The minimum atomic E-state index is -3.90. The Bertz CT molecular complexity index is 1260. The molecule has 3 heterocycles. The van der Waals surface area contributed by atoms with E-state index >= 15 is 0 Å². The Morgan fingerprint density at radius 1 is 1.33 bits per heavy atom. The topological polar surface area (TPSA) is 146 Å². The molecule has 0 amide bonds. The second-order valence-corrected chi connectivity index (χ2v) is 11.3. The molecule has 1 saturated heterocycles. The summed E-state index contributed by atoms with van der Waals surface area (Å²) >= 11 is 0. The predicted molar refractivity (Wildman–Crippen MR) is 119 cm³/mol. The van der Waals surface area contributed by atoms with Crippen LogP contribution in [0.15, 0.2) is 23.5 Å². The third-order valence-electron chi connectivity index (χ3n) is 6.35. The molecule has 2 aromatic heterocycles. The van der Waals surface area contributed by atoms with Crippen LogP contribution in [0.5, 0.6) is 5.88 Å². The van der Waals surface area contributed by atoms with Gasteiger partial charge in [-0.25, -0.2) is 26.6 Å². The van der Waals surface area contributed by atoms with Crippen molar-refractivity contribution in [1.29, 1.82) is 5.26 Å². The van der Waals surface area contributed by atoms with Crippen molar-refractivity contribution in [3.8, 4) is 11.9 Å². The van der Waals surface area contributed by atoms with Crippen LogP contribution >= 0.6 is 0 Å². The van der Waals surface area contributed by atoms with E-state index in [0.717, 1.165) is 10.5 Å². The lowest BCUT2D eigenvalue weighted by atomic mass is 9.81. The van der Waals surface area contributed by atoms with Gasteiger partial charge in [0.2, 0.25) is 21.9 Å². The number of halogens is 3. The summed E-state index contributed by atoms with van der Waals surface area (Å²) in [5, 5.41) is 26.5. The van der Waals surface area contributed by atoms with Crippen molar-refractivity contribution in [2.75, 3.05) is 18.4 Å². The summed E-state index contributed by atoms with van der Waals surface area (Å²) in [6.45, 7) is 0.875. The number of rotatable bonds is 6. The van der Waals surface area contributed by atoms with Gasteiger partial charge in [-0.3, -0.25) is 4.68 Å². The smallest absolute Gasteiger partial charge is 0.251 e. The quantitative estimate of drug-likeness (QED) is 0.570. The van der Waals surface area contributed by atoms with Crippen LogP contribution in [-0.2, 0) is 17.1 Å². The lowest BCUT2D eigenvalue weighted by molar-refractivity contribution is -0.162. The summed E-state index contributed by atoms with van der Waals surface area (Å²) in [7, 11) is -2.33. The molecular weight excluding hydrogens is 503 g/mol. The largest absolute Gasteiger partial charge is 0.470 e. The highest BCUT2D eigenvalue weighted by atomic mass is 32.2. The number of aryl methyl sites for hydroxylation is 1. The first-order valence-corrected chi connectivity index (χ1v) is 12.7. The van der Waals surface area contributed by atoms with Crippen molar-refractivity contribution < 1.29 is 31.4 Å². The first-order chi connectivity index (χ1) is 16.8. The molecule has 2 aromatic rings. The van der Waals surface area contributed by atoms with Gasteiger partial charge >= 0.3 is 0 Å². The highest BCUT2D eigenvalue weighted by molar-refractivity contribution is 7.89. The number of hydrogen-bond donors (Lipinski definition) is 2. The van der Waals surface area contributed by atoms with Crippen molar-refractivity contribution in [2.45, 2.75) is 67.3 Å². The summed E-state index contributed by atoms with van der Waals surface area (Å²) in [5.41, 5.74) is -1.94. The monoisotopic (exact) mass is 529 g/mol. The normalized spacial score (nSPS) is 28.9. The van der Waals surface area contributed by atoms with Crippen LogP contribution in [0.1, 0.15) is 38.2 Å². The molecule has 1 unspecified atom stereocenters. The average Bonchev–Trinajstić information content (AvgIpc) is 3.23. The van der Waals surface area contributed by atoms with Gasteiger partial charge in [0.15, 0.2) is 0 Å². The minimum absolute atomic E-state index is 0.0304. The number of sulfonamides is 1. The maximum absolute atomic E-state index is 15.0. The SMILES string of the molecule is Cn1cc(S(=O)(=O)N2CCC(Nc3ncc(C#N)c(O[C@H]4CCC(F)(F)C[C@@]4(C)O)n3)[C@@H](F)C2)cn1. The molecule has 15 heteroatoms. The summed E-state index contributed by atoms with van der Waals surface area (Å²) in [5.74, 6) is -3.34. The Labute approximate surface area is 205 Å². The number of nitrogens with zero attached hydrogens (tertiary/aromatic N) is 6. The minimum Gasteiger partial charge on any atom is -0.470 e. The highest BCUT2D eigenvalue weighted by Crippen LogP contribution is 2.41. The summed E-state index contributed by atoms with van der Waals surface area (Å²) in [6.07, 6.45) is -0.305. The standard InChI is InChI=1S/C21H26F3N7O4S/c1-20(32)12-21(23,24)5-3-17(20)35-18-13(7-25)8-26-19(29-18)28-16-4-6-31(11-15(16)22)36(33,34)14-9-27-30(2)10-14/h8-10,15-17,32H,3-6,11-12H2,1-2H3,(H,26,28,29)/t15-,16?,17-,20+/m0/s1. The summed E-state index contributed by atoms with van der Waals surface area (Å²) < 4.78 is 76.0. The maximum Gasteiger partial charge on any atom is 0.251 e. The van der Waals surface area contributed by atoms with Crippen LogP contribution in [0.25, 0.3) is 0 Å². The lowest BCUT2D eigenvalue weighted by Gasteiger charge is -2.40. The molecular formula is C21H26F3N7O4S. The van der Waals surface area contributed by atoms with Gasteiger partial charge in [0.1, 0.15) is 34.4 Å². The molecule has 4 atom stereocenters. The number of aromatic nitrogens is 4. The molecule has 1 saturated carbocycles. The molecule has 2 aliphatic rings. The van der Waals surface area contributed by atoms with Crippen LogP contribution in [0.4, 0.5) is 19.1 Å². The third kappa shape index (κ3) is 5.40. The Morgan fingerprint density at radius 3 is 2.69 bits per heavy atom. The summed E-state index contributed by atoms with van der Waals surface area (Å²) in [6, 6.07) is 1.02. The number of nitriles is 1. The van der Waals surface area contributed by atoms with Gasteiger partial charge < -0.3 is 15.2 Å². The number of piperidine rings is 1. The molecule has 0 radical (unpaired) electrons. The Balaban J connectivity index is 1.45. The predicted octanol–water partition coefficient (Wildman–Crippen LogP) is 1.61. The van der Waals surface area contributed by atoms with Crippen molar-refractivity contribution in [1.82, 2.24) is 24.1 Å². The molecule has 0 spiro atoms. The number of hydrogen-bond acceptors (Lipinski definition) is 9. The van der Waals surface area contributed by atoms with Crippen molar-refractivity contribution in [3.05, 3.63) is 24.2 Å². The zero-order chi connectivity index (χ0) is 26.3. The number of nitrogens with one attached hydrogen (secondary N) is 1. The van der Waals surface area contributed by atoms with Gasteiger partial charge in [-0.05, 0) is 19.8 Å². The number of alkyl halides is 3. The van der Waals surface area contributed by atoms with Crippen LogP contribution in [-0.4, -0.2) is 80.5 Å².